The largest absolute Gasteiger partial charge is 0.466 e. The lowest BCUT2D eigenvalue weighted by atomic mass is 9.99. The zero-order valence-corrected chi connectivity index (χ0v) is 23.2. The lowest BCUT2D eigenvalue weighted by Crippen LogP contribution is -2.08. The Morgan fingerprint density at radius 3 is 2.08 bits per heavy atom. The van der Waals surface area contributed by atoms with Gasteiger partial charge in [-0.3, -0.25) is 0 Å². The van der Waals surface area contributed by atoms with Gasteiger partial charge < -0.3 is 9.30 Å². The lowest BCUT2D eigenvalue weighted by molar-refractivity contribution is -0.136. The summed E-state index contributed by atoms with van der Waals surface area (Å²) in [6.45, 7) is 6.56. The highest BCUT2D eigenvalue weighted by atomic mass is 19.1. The minimum absolute atomic E-state index is 0.182. The number of carbonyl (C=O) groups is 1. The van der Waals surface area contributed by atoms with Gasteiger partial charge in [0.1, 0.15) is 5.82 Å². The van der Waals surface area contributed by atoms with Crippen LogP contribution in [0, 0.1) is 5.82 Å². The van der Waals surface area contributed by atoms with E-state index in [1.165, 1.54) is 70.6 Å². The van der Waals surface area contributed by atoms with E-state index in [2.05, 4.69) is 37.5 Å². The Bertz CT molecular complexity index is 1160. The van der Waals surface area contributed by atoms with Gasteiger partial charge in [-0.15, -0.1) is 0 Å². The van der Waals surface area contributed by atoms with Gasteiger partial charge in [0.05, 0.1) is 12.8 Å². The Hall–Kier alpha value is -2.88. The average Bonchev–Trinajstić information content (AvgIpc) is 3.23. The quantitative estimate of drug-likeness (QED) is 0.117. The van der Waals surface area contributed by atoms with Crippen LogP contribution in [0.2, 0.25) is 0 Å². The topological polar surface area (TPSA) is 31.2 Å². The van der Waals surface area contributed by atoms with Gasteiger partial charge in [0, 0.05) is 28.1 Å². The number of fused-ring (bicyclic) bond motifs is 1. The third kappa shape index (κ3) is 7.80. The lowest BCUT2D eigenvalue weighted by Gasteiger charge is -2.15. The molecule has 200 valence electrons. The van der Waals surface area contributed by atoms with Crippen LogP contribution in [-0.2, 0) is 9.53 Å². The van der Waals surface area contributed by atoms with Crippen molar-refractivity contribution < 1.29 is 13.9 Å². The molecule has 0 saturated carbocycles. The number of ether oxygens (including phenoxy) is 1. The number of rotatable bonds is 15. The maximum Gasteiger partial charge on any atom is 0.333 e. The van der Waals surface area contributed by atoms with E-state index in [0.717, 1.165) is 40.6 Å². The molecule has 0 atom stereocenters. The molecule has 0 aliphatic rings. The predicted molar refractivity (Wildman–Crippen MR) is 154 cm³/mol. The maximum absolute atomic E-state index is 13.8. The minimum Gasteiger partial charge on any atom is -0.466 e. The van der Waals surface area contributed by atoms with Gasteiger partial charge in [-0.05, 0) is 56.5 Å². The fourth-order valence-corrected chi connectivity index (χ4v) is 5.23. The van der Waals surface area contributed by atoms with Crippen LogP contribution in [0.3, 0.4) is 0 Å². The number of hydrogen-bond donors (Lipinski definition) is 0. The van der Waals surface area contributed by atoms with Gasteiger partial charge in [0.2, 0.25) is 0 Å². The number of para-hydroxylation sites is 1. The summed E-state index contributed by atoms with van der Waals surface area (Å²) in [5, 5.41) is 1.09. The van der Waals surface area contributed by atoms with Crippen LogP contribution in [0.1, 0.15) is 103 Å². The van der Waals surface area contributed by atoms with Gasteiger partial charge in [-0.2, -0.15) is 0 Å². The summed E-state index contributed by atoms with van der Waals surface area (Å²) in [4.78, 5) is 12.8. The molecule has 0 N–H and O–H groups in total. The van der Waals surface area contributed by atoms with Crippen molar-refractivity contribution in [2.45, 2.75) is 97.4 Å². The van der Waals surface area contributed by atoms with Crippen LogP contribution >= 0.6 is 0 Å². The third-order valence-electron chi connectivity index (χ3n) is 7.16. The van der Waals surface area contributed by atoms with E-state index in [0.29, 0.717) is 12.0 Å². The van der Waals surface area contributed by atoms with E-state index in [-0.39, 0.29) is 17.8 Å². The fraction of sp³-hybridized carbons (Fsp3) is 0.485. The fourth-order valence-electron chi connectivity index (χ4n) is 5.23. The predicted octanol–water partition coefficient (Wildman–Crippen LogP) is 9.90. The van der Waals surface area contributed by atoms with E-state index in [1.54, 1.807) is 0 Å². The molecular weight excluding hydrogens is 461 g/mol. The first-order valence-electron chi connectivity index (χ1n) is 14.2. The number of benzene rings is 2. The van der Waals surface area contributed by atoms with Gasteiger partial charge >= 0.3 is 5.97 Å². The number of carbonyl (C=O) groups excluding carboxylic acids is 1. The molecule has 3 rings (SSSR count). The van der Waals surface area contributed by atoms with Crippen LogP contribution in [0.4, 0.5) is 4.39 Å². The Balaban J connectivity index is 1.84. The highest BCUT2D eigenvalue weighted by Gasteiger charge is 2.21. The van der Waals surface area contributed by atoms with Crippen LogP contribution in [0.25, 0.3) is 28.1 Å². The molecule has 1 aromatic heterocycles. The summed E-state index contributed by atoms with van der Waals surface area (Å²) >= 11 is 0. The molecule has 0 saturated heterocycles. The Labute approximate surface area is 222 Å². The van der Waals surface area contributed by atoms with Crippen LogP contribution in [-0.4, -0.2) is 17.6 Å². The van der Waals surface area contributed by atoms with Crippen molar-refractivity contribution in [3.05, 3.63) is 65.6 Å². The van der Waals surface area contributed by atoms with Crippen molar-refractivity contribution in [2.24, 2.45) is 0 Å². The standard InChI is InChI=1S/C33H44FNO2/c1-5-6-7-8-9-10-11-12-13-14-17-27(33(36)37-4)24-31-32(26-20-22-28(34)23-21-26)29-18-15-16-19-30(29)35(31)25(2)3/h15-16,18-25H,5-14,17H2,1-4H3. The number of hydrogen-bond acceptors (Lipinski definition) is 2. The third-order valence-corrected chi connectivity index (χ3v) is 7.16. The summed E-state index contributed by atoms with van der Waals surface area (Å²) < 4.78 is 21.2. The molecule has 3 nitrogen and oxygen atoms in total. The number of esters is 1. The SMILES string of the molecule is CCCCCCCCCCCCC(=Cc1c(-c2ccc(F)cc2)c2ccccc2n1C(C)C)C(=O)OC. The number of nitrogens with zero attached hydrogens (tertiary/aromatic N) is 1. The monoisotopic (exact) mass is 505 g/mol. The molecular formula is C33H44FNO2. The summed E-state index contributed by atoms with van der Waals surface area (Å²) in [5.41, 5.74) is 4.72. The second-order valence-electron chi connectivity index (χ2n) is 10.3. The minimum atomic E-state index is -0.276. The summed E-state index contributed by atoms with van der Waals surface area (Å²) in [5.74, 6) is -0.536. The van der Waals surface area contributed by atoms with Crippen LogP contribution in [0.5, 0.6) is 0 Å². The summed E-state index contributed by atoms with van der Waals surface area (Å²) in [6, 6.07) is 15.1. The molecule has 2 aromatic carbocycles. The van der Waals surface area contributed by atoms with Crippen molar-refractivity contribution in [3.63, 3.8) is 0 Å². The van der Waals surface area contributed by atoms with E-state index >= 15 is 0 Å². The normalized spacial score (nSPS) is 12.0. The molecule has 37 heavy (non-hydrogen) atoms. The van der Waals surface area contributed by atoms with Crippen molar-refractivity contribution in [3.8, 4) is 11.1 Å². The summed E-state index contributed by atoms with van der Waals surface area (Å²) in [6.07, 6.45) is 15.2. The zero-order chi connectivity index (χ0) is 26.6. The van der Waals surface area contributed by atoms with Crippen molar-refractivity contribution in [1.82, 2.24) is 4.57 Å². The Kier molecular flexibility index (Phi) is 11.4. The molecule has 0 bridgehead atoms. The Morgan fingerprint density at radius 2 is 1.49 bits per heavy atom. The highest BCUT2D eigenvalue weighted by molar-refractivity contribution is 6.03. The number of aromatic nitrogens is 1. The number of methoxy groups -OCH3 is 1. The van der Waals surface area contributed by atoms with E-state index < -0.39 is 0 Å². The van der Waals surface area contributed by atoms with Crippen molar-refractivity contribution in [2.75, 3.05) is 7.11 Å². The smallest absolute Gasteiger partial charge is 0.333 e. The second kappa shape index (κ2) is 14.8. The molecule has 0 radical (unpaired) electrons. The van der Waals surface area contributed by atoms with Crippen molar-refractivity contribution in [1.29, 1.82) is 0 Å². The molecule has 1 heterocycles. The molecule has 0 fully saturated rings. The first-order valence-corrected chi connectivity index (χ1v) is 14.2. The second-order valence-corrected chi connectivity index (χ2v) is 10.3. The van der Waals surface area contributed by atoms with E-state index in [1.807, 2.05) is 30.3 Å². The molecule has 0 aliphatic heterocycles. The van der Waals surface area contributed by atoms with E-state index in [4.69, 9.17) is 4.74 Å². The molecule has 0 spiro atoms. The van der Waals surface area contributed by atoms with Crippen LogP contribution < -0.4 is 0 Å². The van der Waals surface area contributed by atoms with Crippen molar-refractivity contribution >= 4 is 22.9 Å². The maximum atomic E-state index is 13.8. The van der Waals surface area contributed by atoms with Gasteiger partial charge in [0.25, 0.3) is 0 Å². The highest BCUT2D eigenvalue weighted by Crippen LogP contribution is 2.38. The van der Waals surface area contributed by atoms with Gasteiger partial charge in [0.15, 0.2) is 0 Å². The van der Waals surface area contributed by atoms with E-state index in [9.17, 15) is 9.18 Å². The summed E-state index contributed by atoms with van der Waals surface area (Å²) in [7, 11) is 1.45. The average molecular weight is 506 g/mol. The van der Waals surface area contributed by atoms with Crippen LogP contribution in [0.15, 0.2) is 54.1 Å². The molecule has 3 aromatic rings. The zero-order valence-electron chi connectivity index (χ0n) is 23.2. The molecule has 4 heteroatoms. The van der Waals surface area contributed by atoms with Gasteiger partial charge in [-0.1, -0.05) is 95.0 Å². The molecule has 0 aliphatic carbocycles. The number of unbranched alkanes of at least 4 members (excludes halogenated alkanes) is 9. The number of halogens is 1. The molecule has 0 amide bonds. The first-order chi connectivity index (χ1) is 18.0. The Morgan fingerprint density at radius 1 is 0.892 bits per heavy atom. The first kappa shape index (κ1) is 28.7. The molecule has 0 unspecified atom stereocenters. The van der Waals surface area contributed by atoms with Gasteiger partial charge in [-0.25, -0.2) is 9.18 Å².